The van der Waals surface area contributed by atoms with Gasteiger partial charge in [-0.1, -0.05) is 12.1 Å². The van der Waals surface area contributed by atoms with Crippen LogP contribution in [0.5, 0.6) is 0 Å². The minimum Gasteiger partial charge on any atom is -0.347 e. The van der Waals surface area contributed by atoms with E-state index >= 15 is 0 Å². The van der Waals surface area contributed by atoms with Crippen molar-refractivity contribution in [2.24, 2.45) is 0 Å². The Balaban J connectivity index is 2.27. The average molecular weight is 374 g/mol. The maximum atomic E-state index is 13.0. The Kier molecular flexibility index (Phi) is 6.37. The fraction of sp³-hybridized carbons (Fsp3) is 0.529. The number of benzene rings is 1. The van der Waals surface area contributed by atoms with Gasteiger partial charge in [0, 0.05) is 19.5 Å². The van der Waals surface area contributed by atoms with Crippen LogP contribution in [0.2, 0.25) is 0 Å². The van der Waals surface area contributed by atoms with Crippen LogP contribution in [0.15, 0.2) is 24.3 Å². The second kappa shape index (κ2) is 8.12. The minimum absolute atomic E-state index is 0.0378. The molecular formula is C17H21F3N2O2S. The fourth-order valence-electron chi connectivity index (χ4n) is 2.68. The van der Waals surface area contributed by atoms with E-state index < -0.39 is 17.8 Å². The molecule has 25 heavy (non-hydrogen) atoms. The molecular weight excluding hydrogens is 353 g/mol. The highest BCUT2D eigenvalue weighted by Gasteiger charge is 2.32. The SMILES string of the molecule is CS[C@@H](C)C(=O)N[C@H](CN1CCCC1=O)c1cccc(C(F)(F)F)c1. The topological polar surface area (TPSA) is 49.4 Å². The van der Waals surface area contributed by atoms with E-state index in [2.05, 4.69) is 5.32 Å². The number of carbonyl (C=O) groups is 2. The van der Waals surface area contributed by atoms with E-state index in [9.17, 15) is 22.8 Å². The monoisotopic (exact) mass is 374 g/mol. The van der Waals surface area contributed by atoms with E-state index in [0.29, 0.717) is 18.5 Å². The number of rotatable bonds is 6. The quantitative estimate of drug-likeness (QED) is 0.832. The molecule has 1 fully saturated rings. The van der Waals surface area contributed by atoms with Gasteiger partial charge < -0.3 is 10.2 Å². The van der Waals surface area contributed by atoms with Gasteiger partial charge >= 0.3 is 6.18 Å². The molecule has 1 aromatic rings. The van der Waals surface area contributed by atoms with E-state index in [1.165, 1.54) is 17.8 Å². The molecule has 1 heterocycles. The number of nitrogens with one attached hydrogen (secondary N) is 1. The van der Waals surface area contributed by atoms with Gasteiger partial charge in [0.05, 0.1) is 16.9 Å². The van der Waals surface area contributed by atoms with Gasteiger partial charge in [-0.3, -0.25) is 9.59 Å². The van der Waals surface area contributed by atoms with Crippen LogP contribution in [0.3, 0.4) is 0 Å². The molecule has 2 rings (SSSR count). The summed E-state index contributed by atoms with van der Waals surface area (Å²) in [5, 5.41) is 2.46. The van der Waals surface area contributed by atoms with Crippen molar-refractivity contribution >= 4 is 23.6 Å². The lowest BCUT2D eigenvalue weighted by Crippen LogP contribution is -2.41. The summed E-state index contributed by atoms with van der Waals surface area (Å²) >= 11 is 1.35. The fourth-order valence-corrected chi connectivity index (χ4v) is 2.96. The maximum absolute atomic E-state index is 13.0. The normalized spacial score (nSPS) is 17.5. The second-order valence-electron chi connectivity index (χ2n) is 6.01. The summed E-state index contributed by atoms with van der Waals surface area (Å²) in [5.74, 6) is -0.300. The first-order valence-electron chi connectivity index (χ1n) is 8.00. The zero-order chi connectivity index (χ0) is 18.6. The molecule has 0 radical (unpaired) electrons. The number of carbonyl (C=O) groups excluding carboxylic acids is 2. The third kappa shape index (κ3) is 5.14. The van der Waals surface area contributed by atoms with Gasteiger partial charge in [0.1, 0.15) is 0 Å². The number of halogens is 3. The Morgan fingerprint density at radius 1 is 1.40 bits per heavy atom. The van der Waals surface area contributed by atoms with Gasteiger partial charge in [0.2, 0.25) is 11.8 Å². The van der Waals surface area contributed by atoms with Crippen molar-refractivity contribution in [1.82, 2.24) is 10.2 Å². The molecule has 138 valence electrons. The smallest absolute Gasteiger partial charge is 0.347 e. The Labute approximate surface area is 149 Å². The molecule has 0 aromatic heterocycles. The first-order chi connectivity index (χ1) is 11.7. The highest BCUT2D eigenvalue weighted by atomic mass is 32.2. The van der Waals surface area contributed by atoms with Crippen LogP contribution >= 0.6 is 11.8 Å². The molecule has 2 amide bonds. The summed E-state index contributed by atoms with van der Waals surface area (Å²) in [7, 11) is 0. The lowest BCUT2D eigenvalue weighted by atomic mass is 10.0. The van der Waals surface area contributed by atoms with Crippen molar-refractivity contribution in [3.63, 3.8) is 0 Å². The van der Waals surface area contributed by atoms with E-state index in [0.717, 1.165) is 18.6 Å². The van der Waals surface area contributed by atoms with Gasteiger partial charge in [-0.05, 0) is 37.3 Å². The molecule has 4 nitrogen and oxygen atoms in total. The number of thioether (sulfide) groups is 1. The number of nitrogens with zero attached hydrogens (tertiary/aromatic N) is 1. The Morgan fingerprint density at radius 2 is 2.12 bits per heavy atom. The molecule has 8 heteroatoms. The van der Waals surface area contributed by atoms with E-state index in [1.54, 1.807) is 24.1 Å². The lowest BCUT2D eigenvalue weighted by Gasteiger charge is -2.26. The van der Waals surface area contributed by atoms with Gasteiger partial charge in [-0.15, -0.1) is 0 Å². The number of likely N-dealkylation sites (tertiary alicyclic amines) is 1. The van der Waals surface area contributed by atoms with Crippen LogP contribution in [0.1, 0.15) is 36.9 Å². The van der Waals surface area contributed by atoms with Crippen LogP contribution in [0, 0.1) is 0 Å². The standard InChI is InChI=1S/C17H21F3N2O2S/c1-11(25-2)16(24)21-14(10-22-8-4-7-15(22)23)12-5-3-6-13(9-12)17(18,19)20/h3,5-6,9,11,14H,4,7-8,10H2,1-2H3,(H,21,24)/t11-,14+/m0/s1. The molecule has 0 bridgehead atoms. The number of amides is 2. The predicted octanol–water partition coefficient (Wildman–Crippen LogP) is 3.24. The molecule has 2 atom stereocenters. The Morgan fingerprint density at radius 3 is 2.68 bits per heavy atom. The molecule has 0 aliphatic carbocycles. The van der Waals surface area contributed by atoms with Crippen molar-refractivity contribution in [1.29, 1.82) is 0 Å². The molecule has 1 aromatic carbocycles. The van der Waals surface area contributed by atoms with Crippen LogP contribution < -0.4 is 5.32 Å². The number of hydrogen-bond donors (Lipinski definition) is 1. The zero-order valence-electron chi connectivity index (χ0n) is 14.1. The maximum Gasteiger partial charge on any atom is 0.416 e. The number of hydrogen-bond acceptors (Lipinski definition) is 3. The summed E-state index contributed by atoms with van der Waals surface area (Å²) in [5.41, 5.74) is -0.425. The third-order valence-electron chi connectivity index (χ3n) is 4.23. The van der Waals surface area contributed by atoms with Gasteiger partial charge in [-0.2, -0.15) is 24.9 Å². The van der Waals surface area contributed by atoms with E-state index in [4.69, 9.17) is 0 Å². The average Bonchev–Trinajstić information content (AvgIpc) is 2.97. The number of alkyl halides is 3. The first kappa shape index (κ1) is 19.6. The van der Waals surface area contributed by atoms with E-state index in [-0.39, 0.29) is 23.6 Å². The van der Waals surface area contributed by atoms with Crippen LogP contribution in [0.25, 0.3) is 0 Å². The zero-order valence-corrected chi connectivity index (χ0v) is 14.9. The first-order valence-corrected chi connectivity index (χ1v) is 9.29. The largest absolute Gasteiger partial charge is 0.416 e. The van der Waals surface area contributed by atoms with Crippen molar-refractivity contribution in [2.75, 3.05) is 19.3 Å². The molecule has 0 saturated carbocycles. The van der Waals surface area contributed by atoms with Crippen LogP contribution in [-0.4, -0.2) is 41.3 Å². The summed E-state index contributed by atoms with van der Waals surface area (Å²) in [6.07, 6.45) is -1.51. The summed E-state index contributed by atoms with van der Waals surface area (Å²) in [6.45, 7) is 2.46. The predicted molar refractivity (Wildman–Crippen MR) is 91.1 cm³/mol. The molecule has 1 aliphatic heterocycles. The molecule has 1 N–H and O–H groups in total. The molecule has 1 aliphatic rings. The lowest BCUT2D eigenvalue weighted by molar-refractivity contribution is -0.137. The highest BCUT2D eigenvalue weighted by Crippen LogP contribution is 2.31. The highest BCUT2D eigenvalue weighted by molar-refractivity contribution is 7.99. The van der Waals surface area contributed by atoms with Gasteiger partial charge in [-0.25, -0.2) is 0 Å². The van der Waals surface area contributed by atoms with Crippen molar-refractivity contribution in [3.05, 3.63) is 35.4 Å². The van der Waals surface area contributed by atoms with Crippen molar-refractivity contribution in [2.45, 2.75) is 37.2 Å². The Hall–Kier alpha value is -1.70. The van der Waals surface area contributed by atoms with Gasteiger partial charge in [0.15, 0.2) is 0 Å². The van der Waals surface area contributed by atoms with Gasteiger partial charge in [0.25, 0.3) is 0 Å². The Bertz CT molecular complexity index is 637. The summed E-state index contributed by atoms with van der Waals surface area (Å²) < 4.78 is 39.0. The molecule has 0 unspecified atom stereocenters. The molecule has 1 saturated heterocycles. The third-order valence-corrected chi connectivity index (χ3v) is 5.15. The van der Waals surface area contributed by atoms with Crippen LogP contribution in [-0.2, 0) is 15.8 Å². The minimum atomic E-state index is -4.46. The summed E-state index contributed by atoms with van der Waals surface area (Å²) in [4.78, 5) is 25.7. The summed E-state index contributed by atoms with van der Waals surface area (Å²) in [6, 6.07) is 4.22. The second-order valence-corrected chi connectivity index (χ2v) is 7.18. The van der Waals surface area contributed by atoms with Crippen LogP contribution in [0.4, 0.5) is 13.2 Å². The van der Waals surface area contributed by atoms with Crippen molar-refractivity contribution < 1.29 is 22.8 Å². The molecule has 0 spiro atoms. The van der Waals surface area contributed by atoms with E-state index in [1.807, 2.05) is 0 Å². The van der Waals surface area contributed by atoms with Crippen molar-refractivity contribution in [3.8, 4) is 0 Å².